The van der Waals surface area contributed by atoms with Crippen molar-refractivity contribution < 1.29 is 24.2 Å². The Hall–Kier alpha value is -4.21. The van der Waals surface area contributed by atoms with Crippen molar-refractivity contribution >= 4 is 17.8 Å². The van der Waals surface area contributed by atoms with Gasteiger partial charge in [0.1, 0.15) is 11.6 Å². The van der Waals surface area contributed by atoms with Crippen LogP contribution in [0.5, 0.6) is 11.8 Å². The van der Waals surface area contributed by atoms with Gasteiger partial charge >= 0.3 is 12.1 Å². The third-order valence-electron chi connectivity index (χ3n) is 5.90. The molecule has 35 heavy (non-hydrogen) atoms. The predicted octanol–water partition coefficient (Wildman–Crippen LogP) is 3.54. The van der Waals surface area contributed by atoms with Gasteiger partial charge in [0.05, 0.1) is 7.11 Å². The number of carboxylic acid groups (broad SMARTS) is 1. The molecule has 0 radical (unpaired) electrons. The molecule has 0 spiro atoms. The number of methoxy groups -OCH3 is 1. The van der Waals surface area contributed by atoms with Crippen molar-refractivity contribution in [2.75, 3.05) is 18.6 Å². The van der Waals surface area contributed by atoms with E-state index in [0.29, 0.717) is 37.3 Å². The fourth-order valence-corrected chi connectivity index (χ4v) is 4.17. The van der Waals surface area contributed by atoms with E-state index in [2.05, 4.69) is 20.3 Å². The average Bonchev–Trinajstić information content (AvgIpc) is 2.89. The van der Waals surface area contributed by atoms with Gasteiger partial charge in [0.25, 0.3) is 5.91 Å². The van der Waals surface area contributed by atoms with Crippen LogP contribution in [0.4, 0.5) is 10.6 Å². The van der Waals surface area contributed by atoms with Crippen molar-refractivity contribution in [3.63, 3.8) is 0 Å². The van der Waals surface area contributed by atoms with Crippen LogP contribution < -0.4 is 19.7 Å². The van der Waals surface area contributed by atoms with Crippen LogP contribution in [0.15, 0.2) is 61.1 Å². The number of carbonyl (C=O) groups excluding carboxylic acids is 1. The normalized spacial score (nSPS) is 17.3. The molecule has 0 bridgehead atoms. The Morgan fingerprint density at radius 2 is 1.66 bits per heavy atom. The quantitative estimate of drug-likeness (QED) is 0.504. The zero-order valence-electron chi connectivity index (χ0n) is 19.3. The summed E-state index contributed by atoms with van der Waals surface area (Å²) in [5.41, 5.74) is 1.58. The topological polar surface area (TPSA) is 127 Å². The molecule has 2 amide bonds. The lowest BCUT2D eigenvalue weighted by atomic mass is 9.90. The number of nitrogens with one attached hydrogen (secondary N) is 1. The van der Waals surface area contributed by atoms with E-state index in [1.807, 2.05) is 24.3 Å². The Balaban J connectivity index is 1.52. The number of rotatable bonds is 8. The van der Waals surface area contributed by atoms with Crippen LogP contribution in [0.2, 0.25) is 0 Å². The number of para-hydroxylation sites is 1. The van der Waals surface area contributed by atoms with Crippen LogP contribution in [-0.4, -0.2) is 57.9 Å². The minimum absolute atomic E-state index is 0.114. The summed E-state index contributed by atoms with van der Waals surface area (Å²) in [7, 11) is 1.50. The molecule has 10 nitrogen and oxygen atoms in total. The van der Waals surface area contributed by atoms with E-state index >= 15 is 0 Å². The van der Waals surface area contributed by atoms with Crippen molar-refractivity contribution in [2.45, 2.75) is 37.8 Å². The third kappa shape index (κ3) is 6.23. The molecule has 4 rings (SSSR count). The molecule has 1 aliphatic rings. The van der Waals surface area contributed by atoms with E-state index < -0.39 is 6.09 Å². The summed E-state index contributed by atoms with van der Waals surface area (Å²) in [6, 6.07) is 12.9. The summed E-state index contributed by atoms with van der Waals surface area (Å²) < 4.78 is 10.7. The van der Waals surface area contributed by atoms with Gasteiger partial charge < -0.3 is 19.9 Å². The second-order valence-electron chi connectivity index (χ2n) is 8.18. The molecule has 2 N–H and O–H groups in total. The highest BCUT2D eigenvalue weighted by atomic mass is 16.5. The van der Waals surface area contributed by atoms with Crippen molar-refractivity contribution in [2.24, 2.45) is 0 Å². The lowest BCUT2D eigenvalue weighted by Gasteiger charge is -2.36. The van der Waals surface area contributed by atoms with Crippen molar-refractivity contribution in [1.29, 1.82) is 0 Å². The van der Waals surface area contributed by atoms with Gasteiger partial charge in [-0.15, -0.1) is 0 Å². The van der Waals surface area contributed by atoms with E-state index in [4.69, 9.17) is 14.6 Å². The molecule has 1 aliphatic carbocycles. The van der Waals surface area contributed by atoms with E-state index in [0.717, 1.165) is 11.1 Å². The van der Waals surface area contributed by atoms with Gasteiger partial charge in [-0.2, -0.15) is 0 Å². The molecule has 2 heterocycles. The van der Waals surface area contributed by atoms with Crippen molar-refractivity contribution in [1.82, 2.24) is 20.3 Å². The van der Waals surface area contributed by atoms with Gasteiger partial charge in [-0.1, -0.05) is 18.2 Å². The number of anilines is 1. The average molecular weight is 478 g/mol. The zero-order chi connectivity index (χ0) is 24.6. The van der Waals surface area contributed by atoms with Gasteiger partial charge in [0.15, 0.2) is 6.61 Å². The summed E-state index contributed by atoms with van der Waals surface area (Å²) in [5.74, 6) is 0.911. The van der Waals surface area contributed by atoms with E-state index in [1.54, 1.807) is 41.7 Å². The number of pyridine rings is 1. The molecule has 1 aromatic carbocycles. The first-order chi connectivity index (χ1) is 17.0. The maximum Gasteiger partial charge on any atom is 0.404 e. The van der Waals surface area contributed by atoms with Gasteiger partial charge in [-0.25, -0.2) is 19.7 Å². The van der Waals surface area contributed by atoms with Crippen LogP contribution in [0.1, 0.15) is 25.7 Å². The molecule has 3 aromatic rings. The number of hydrogen-bond donors (Lipinski definition) is 2. The largest absolute Gasteiger partial charge is 0.484 e. The van der Waals surface area contributed by atoms with Gasteiger partial charge in [-0.05, 0) is 49.9 Å². The van der Waals surface area contributed by atoms with Gasteiger partial charge in [-0.3, -0.25) is 9.69 Å². The Morgan fingerprint density at radius 1 is 0.971 bits per heavy atom. The molecule has 0 atom stereocenters. The maximum absolute atomic E-state index is 13.3. The van der Waals surface area contributed by atoms with Crippen LogP contribution >= 0.6 is 0 Å². The molecule has 2 aromatic heterocycles. The van der Waals surface area contributed by atoms with Crippen molar-refractivity contribution in [3.8, 4) is 22.9 Å². The zero-order valence-corrected chi connectivity index (χ0v) is 19.3. The Morgan fingerprint density at radius 3 is 2.26 bits per heavy atom. The predicted molar refractivity (Wildman–Crippen MR) is 128 cm³/mol. The molecule has 1 fully saturated rings. The lowest BCUT2D eigenvalue weighted by Crippen LogP contribution is -2.48. The number of carbonyl (C=O) groups is 2. The highest BCUT2D eigenvalue weighted by Gasteiger charge is 2.31. The molecule has 0 saturated heterocycles. The van der Waals surface area contributed by atoms with E-state index in [9.17, 15) is 9.59 Å². The standard InChI is InChI=1S/C25H27N5O5/c1-34-24-27-14-18(15-28-24)17-7-12-22(26-13-17)30(20-10-8-19(9-11-20)29-25(32)33)23(31)16-35-21-5-3-2-4-6-21/h2-7,12-15,19-20,29H,8-11,16H2,1H3,(H,32,33)/t19-,20-. The molecule has 182 valence electrons. The molecular weight excluding hydrogens is 450 g/mol. The van der Waals surface area contributed by atoms with Gasteiger partial charge in [0.2, 0.25) is 0 Å². The van der Waals surface area contributed by atoms with Crippen LogP contribution in [0.3, 0.4) is 0 Å². The SMILES string of the molecule is COc1ncc(-c2ccc(N(C(=O)COc3ccccc3)[C@H]3CC[C@H](NC(=O)O)CC3)nc2)cn1. The lowest BCUT2D eigenvalue weighted by molar-refractivity contribution is -0.121. The Kier molecular flexibility index (Phi) is 7.71. The fourth-order valence-electron chi connectivity index (χ4n) is 4.17. The summed E-state index contributed by atoms with van der Waals surface area (Å²) in [6.07, 6.45) is 6.53. The first-order valence-corrected chi connectivity index (χ1v) is 11.4. The van der Waals surface area contributed by atoms with Crippen LogP contribution in [0.25, 0.3) is 11.1 Å². The number of hydrogen-bond acceptors (Lipinski definition) is 7. The number of aromatic nitrogens is 3. The minimum Gasteiger partial charge on any atom is -0.484 e. The number of ether oxygens (including phenoxy) is 2. The highest BCUT2D eigenvalue weighted by Crippen LogP contribution is 2.28. The highest BCUT2D eigenvalue weighted by molar-refractivity contribution is 5.94. The first kappa shape index (κ1) is 23.9. The molecule has 10 heteroatoms. The summed E-state index contributed by atoms with van der Waals surface area (Å²) in [6.45, 7) is -0.132. The summed E-state index contributed by atoms with van der Waals surface area (Å²) in [5, 5.41) is 11.6. The Labute approximate surface area is 203 Å². The molecule has 0 aliphatic heterocycles. The van der Waals surface area contributed by atoms with Crippen molar-refractivity contribution in [3.05, 3.63) is 61.1 Å². The monoisotopic (exact) mass is 477 g/mol. The Bertz CT molecular complexity index is 1120. The van der Waals surface area contributed by atoms with Crippen LogP contribution in [-0.2, 0) is 4.79 Å². The van der Waals surface area contributed by atoms with Crippen LogP contribution in [0, 0.1) is 0 Å². The summed E-state index contributed by atoms with van der Waals surface area (Å²) in [4.78, 5) is 38.8. The van der Waals surface area contributed by atoms with E-state index in [-0.39, 0.29) is 30.6 Å². The second kappa shape index (κ2) is 11.3. The number of benzene rings is 1. The smallest absolute Gasteiger partial charge is 0.404 e. The maximum atomic E-state index is 13.3. The fraction of sp³-hybridized carbons (Fsp3) is 0.320. The minimum atomic E-state index is -1.03. The second-order valence-corrected chi connectivity index (χ2v) is 8.18. The number of amides is 2. The molecular formula is C25H27N5O5. The summed E-state index contributed by atoms with van der Waals surface area (Å²) >= 11 is 0. The third-order valence-corrected chi connectivity index (χ3v) is 5.90. The van der Waals surface area contributed by atoms with Gasteiger partial charge in [0, 0.05) is 41.8 Å². The number of nitrogens with zero attached hydrogens (tertiary/aromatic N) is 4. The molecule has 1 saturated carbocycles. The first-order valence-electron chi connectivity index (χ1n) is 11.4. The molecule has 0 unspecified atom stereocenters. The van der Waals surface area contributed by atoms with E-state index in [1.165, 1.54) is 7.11 Å².